The number of rotatable bonds is 5. The van der Waals surface area contributed by atoms with E-state index < -0.39 is 5.97 Å². The first-order chi connectivity index (χ1) is 8.51. The summed E-state index contributed by atoms with van der Waals surface area (Å²) in [6, 6.07) is 8.42. The lowest BCUT2D eigenvalue weighted by Crippen LogP contribution is -2.26. The van der Waals surface area contributed by atoms with Gasteiger partial charge in [0.25, 0.3) is 0 Å². The van der Waals surface area contributed by atoms with E-state index in [-0.39, 0.29) is 24.7 Å². The zero-order valence-corrected chi connectivity index (χ0v) is 9.97. The maximum Gasteiger partial charge on any atom is 0.224 e. The monoisotopic (exact) mass is 245 g/mol. The third-order valence-electron chi connectivity index (χ3n) is 2.35. The molecule has 0 aliphatic rings. The number of aliphatic carboxylic acids is 1. The second-order valence-corrected chi connectivity index (χ2v) is 4.12. The summed E-state index contributed by atoms with van der Waals surface area (Å²) in [5, 5.41) is 21.6. The maximum atomic E-state index is 11.6. The number of nitrogens with zero attached hydrogens (tertiary/aromatic N) is 1. The standard InChI is InChI=1S/C13H14N2O3/c1-9(7-13(17)18)6-12(16)15-11-4-2-10(8-14)3-5-11/h2-5,9H,6-7H2,1H3,(H,15,16)(H,17,18)/p-1/t9-/m0/s1. The molecule has 0 aromatic heterocycles. The van der Waals surface area contributed by atoms with E-state index in [1.54, 1.807) is 31.2 Å². The van der Waals surface area contributed by atoms with Crippen molar-refractivity contribution in [2.75, 3.05) is 5.32 Å². The largest absolute Gasteiger partial charge is 0.550 e. The van der Waals surface area contributed by atoms with Gasteiger partial charge in [0.1, 0.15) is 0 Å². The molecule has 1 aromatic carbocycles. The Kier molecular flexibility index (Phi) is 4.88. The Balaban J connectivity index is 2.49. The highest BCUT2D eigenvalue weighted by Crippen LogP contribution is 2.12. The molecule has 1 amide bonds. The quantitative estimate of drug-likeness (QED) is 0.824. The third-order valence-corrected chi connectivity index (χ3v) is 2.35. The van der Waals surface area contributed by atoms with Crippen LogP contribution in [-0.2, 0) is 9.59 Å². The lowest BCUT2D eigenvalue weighted by Gasteiger charge is -2.11. The second-order valence-electron chi connectivity index (χ2n) is 4.12. The van der Waals surface area contributed by atoms with Crippen LogP contribution in [-0.4, -0.2) is 11.9 Å². The van der Waals surface area contributed by atoms with E-state index in [2.05, 4.69) is 5.32 Å². The van der Waals surface area contributed by atoms with Crippen LogP contribution in [0.2, 0.25) is 0 Å². The van der Waals surface area contributed by atoms with E-state index in [4.69, 9.17) is 5.26 Å². The highest BCUT2D eigenvalue weighted by atomic mass is 16.4. The SMILES string of the molecule is C[C@H](CC(=O)[O-])CC(=O)Nc1ccc(C#N)cc1. The van der Waals surface area contributed by atoms with Crippen molar-refractivity contribution >= 4 is 17.6 Å². The number of nitriles is 1. The van der Waals surface area contributed by atoms with Gasteiger partial charge in [0.2, 0.25) is 5.91 Å². The molecule has 0 radical (unpaired) electrons. The van der Waals surface area contributed by atoms with E-state index in [0.717, 1.165) is 0 Å². The summed E-state index contributed by atoms with van der Waals surface area (Å²) in [6.45, 7) is 1.67. The fraction of sp³-hybridized carbons (Fsp3) is 0.308. The summed E-state index contributed by atoms with van der Waals surface area (Å²) in [5.74, 6) is -1.68. The molecule has 0 bridgehead atoms. The first-order valence-corrected chi connectivity index (χ1v) is 5.51. The number of nitrogens with one attached hydrogen (secondary N) is 1. The van der Waals surface area contributed by atoms with Gasteiger partial charge in [-0.3, -0.25) is 4.79 Å². The first kappa shape index (κ1) is 13.7. The number of anilines is 1. The third kappa shape index (κ3) is 4.66. The molecule has 1 aromatic rings. The van der Waals surface area contributed by atoms with Gasteiger partial charge < -0.3 is 15.2 Å². The highest BCUT2D eigenvalue weighted by molar-refractivity contribution is 5.91. The predicted molar refractivity (Wildman–Crippen MR) is 63.2 cm³/mol. The van der Waals surface area contributed by atoms with Gasteiger partial charge >= 0.3 is 0 Å². The molecule has 5 heteroatoms. The number of carbonyl (C=O) groups excluding carboxylic acids is 2. The van der Waals surface area contributed by atoms with Crippen LogP contribution in [0.1, 0.15) is 25.3 Å². The summed E-state index contributed by atoms with van der Waals surface area (Å²) < 4.78 is 0. The van der Waals surface area contributed by atoms with Gasteiger partial charge in [-0.05, 0) is 36.6 Å². The molecule has 0 unspecified atom stereocenters. The molecule has 1 N–H and O–H groups in total. The molecule has 5 nitrogen and oxygen atoms in total. The topological polar surface area (TPSA) is 93.0 Å². The van der Waals surface area contributed by atoms with Crippen molar-refractivity contribution in [3.8, 4) is 6.07 Å². The average Bonchev–Trinajstić information content (AvgIpc) is 2.28. The zero-order valence-electron chi connectivity index (χ0n) is 9.97. The molecular weight excluding hydrogens is 232 g/mol. The molecule has 0 fully saturated rings. The van der Waals surface area contributed by atoms with E-state index >= 15 is 0 Å². The maximum absolute atomic E-state index is 11.6. The summed E-state index contributed by atoms with van der Waals surface area (Å²) in [4.78, 5) is 21.9. The van der Waals surface area contributed by atoms with Crippen molar-refractivity contribution in [2.24, 2.45) is 5.92 Å². The Bertz CT molecular complexity index is 474. The smallest absolute Gasteiger partial charge is 0.224 e. The fourth-order valence-corrected chi connectivity index (χ4v) is 1.51. The molecule has 1 rings (SSSR count). The van der Waals surface area contributed by atoms with Crippen molar-refractivity contribution < 1.29 is 14.7 Å². The molecule has 0 aliphatic carbocycles. The average molecular weight is 245 g/mol. The van der Waals surface area contributed by atoms with Crippen molar-refractivity contribution in [2.45, 2.75) is 19.8 Å². The van der Waals surface area contributed by atoms with Crippen LogP contribution in [0.4, 0.5) is 5.69 Å². The van der Waals surface area contributed by atoms with Crippen LogP contribution in [0.3, 0.4) is 0 Å². The summed E-state index contributed by atoms with van der Waals surface area (Å²) in [6.07, 6.45) is -0.0191. The van der Waals surface area contributed by atoms with Gasteiger partial charge in [-0.1, -0.05) is 6.92 Å². The van der Waals surface area contributed by atoms with Crippen molar-refractivity contribution in [3.63, 3.8) is 0 Å². The lowest BCUT2D eigenvalue weighted by molar-refractivity contribution is -0.306. The number of amides is 1. The van der Waals surface area contributed by atoms with Gasteiger partial charge in [0, 0.05) is 18.1 Å². The number of carboxylic acid groups (broad SMARTS) is 1. The van der Waals surface area contributed by atoms with E-state index in [0.29, 0.717) is 11.3 Å². The summed E-state index contributed by atoms with van der Waals surface area (Å²) >= 11 is 0. The Morgan fingerprint density at radius 1 is 1.33 bits per heavy atom. The Labute approximate surface area is 105 Å². The van der Waals surface area contributed by atoms with Gasteiger partial charge in [0.15, 0.2) is 0 Å². The molecule has 0 spiro atoms. The van der Waals surface area contributed by atoms with E-state index in [1.165, 1.54) is 0 Å². The number of hydrogen-bond donors (Lipinski definition) is 1. The molecule has 0 saturated carbocycles. The lowest BCUT2D eigenvalue weighted by atomic mass is 10.0. The molecule has 18 heavy (non-hydrogen) atoms. The Hall–Kier alpha value is -2.35. The summed E-state index contributed by atoms with van der Waals surface area (Å²) in [5.41, 5.74) is 1.10. The normalized spacial score (nSPS) is 11.3. The van der Waals surface area contributed by atoms with Gasteiger partial charge in [-0.2, -0.15) is 5.26 Å². The van der Waals surface area contributed by atoms with Crippen molar-refractivity contribution in [1.29, 1.82) is 5.26 Å². The van der Waals surface area contributed by atoms with Crippen molar-refractivity contribution in [3.05, 3.63) is 29.8 Å². The van der Waals surface area contributed by atoms with Crippen LogP contribution in [0.15, 0.2) is 24.3 Å². The number of carbonyl (C=O) groups is 2. The summed E-state index contributed by atoms with van der Waals surface area (Å²) in [7, 11) is 0. The predicted octanol–water partition coefficient (Wildman–Crippen LogP) is 0.663. The van der Waals surface area contributed by atoms with Crippen LogP contribution in [0.25, 0.3) is 0 Å². The van der Waals surface area contributed by atoms with Gasteiger partial charge in [0.05, 0.1) is 11.6 Å². The number of hydrogen-bond acceptors (Lipinski definition) is 4. The van der Waals surface area contributed by atoms with Gasteiger partial charge in [-0.15, -0.1) is 0 Å². The number of carboxylic acids is 1. The van der Waals surface area contributed by atoms with Crippen LogP contribution in [0, 0.1) is 17.2 Å². The molecule has 0 saturated heterocycles. The Morgan fingerprint density at radius 2 is 1.94 bits per heavy atom. The molecule has 1 atom stereocenters. The Morgan fingerprint density at radius 3 is 2.44 bits per heavy atom. The number of benzene rings is 1. The second kappa shape index (κ2) is 6.40. The fourth-order valence-electron chi connectivity index (χ4n) is 1.51. The molecule has 0 aliphatic heterocycles. The van der Waals surface area contributed by atoms with Crippen LogP contribution >= 0.6 is 0 Å². The first-order valence-electron chi connectivity index (χ1n) is 5.51. The van der Waals surface area contributed by atoms with Crippen LogP contribution in [0.5, 0.6) is 0 Å². The molecular formula is C13H13N2O3-. The van der Waals surface area contributed by atoms with Crippen molar-refractivity contribution in [1.82, 2.24) is 0 Å². The minimum absolute atomic E-state index is 0.119. The minimum Gasteiger partial charge on any atom is -0.550 e. The molecule has 94 valence electrons. The van der Waals surface area contributed by atoms with Gasteiger partial charge in [-0.25, -0.2) is 0 Å². The zero-order chi connectivity index (χ0) is 13.5. The molecule has 0 heterocycles. The minimum atomic E-state index is -1.16. The van der Waals surface area contributed by atoms with E-state index in [1.807, 2.05) is 6.07 Å². The highest BCUT2D eigenvalue weighted by Gasteiger charge is 2.09. The van der Waals surface area contributed by atoms with E-state index in [9.17, 15) is 14.7 Å². The van der Waals surface area contributed by atoms with Crippen LogP contribution < -0.4 is 10.4 Å².